The van der Waals surface area contributed by atoms with Crippen molar-refractivity contribution in [3.05, 3.63) is 12.5 Å². The van der Waals surface area contributed by atoms with Crippen molar-refractivity contribution in [2.75, 3.05) is 26.2 Å². The number of hydrogen-bond acceptors (Lipinski definition) is 3. The normalized spacial score (nSPS) is 10.2. The molecule has 0 aliphatic heterocycles. The molecule has 0 fully saturated rings. The second-order valence-electron chi connectivity index (χ2n) is 2.75. The van der Waals surface area contributed by atoms with Gasteiger partial charge in [-0.1, -0.05) is 13.8 Å². The Hall–Kier alpha value is -0.700. The first kappa shape index (κ1) is 11.3. The van der Waals surface area contributed by atoms with Crippen molar-refractivity contribution < 1.29 is 4.74 Å². The van der Waals surface area contributed by atoms with Crippen LogP contribution in [0.2, 0.25) is 0 Å². The van der Waals surface area contributed by atoms with E-state index in [0.29, 0.717) is 12.5 Å². The first-order valence-corrected chi connectivity index (χ1v) is 4.50. The fourth-order valence-electron chi connectivity index (χ4n) is 1.05. The van der Waals surface area contributed by atoms with E-state index in [1.807, 2.05) is 0 Å². The maximum atomic E-state index is 5.26. The molecule has 0 aromatic rings. The predicted octanol–water partition coefficient (Wildman–Crippen LogP) is 1.16. The lowest BCUT2D eigenvalue weighted by atomic mass is 10.4. The molecule has 0 heterocycles. The summed E-state index contributed by atoms with van der Waals surface area (Å²) in [6, 6.07) is 0. The van der Waals surface area contributed by atoms with Crippen molar-refractivity contribution in [1.29, 1.82) is 0 Å². The lowest BCUT2D eigenvalue weighted by Gasteiger charge is -2.19. The van der Waals surface area contributed by atoms with E-state index in [4.69, 9.17) is 10.5 Å². The molecule has 0 atom stereocenters. The van der Waals surface area contributed by atoms with Crippen LogP contribution in [0.3, 0.4) is 0 Å². The standard InChI is InChI=1S/C9H20N2O/c1-4-6-11(5-2)7-8-12-9(3)10/h3-8,10H2,1-2H3. The average molecular weight is 172 g/mol. The van der Waals surface area contributed by atoms with E-state index in [1.54, 1.807) is 0 Å². The van der Waals surface area contributed by atoms with Gasteiger partial charge in [0.15, 0.2) is 5.88 Å². The van der Waals surface area contributed by atoms with Gasteiger partial charge < -0.3 is 15.4 Å². The van der Waals surface area contributed by atoms with E-state index in [-0.39, 0.29) is 0 Å². The van der Waals surface area contributed by atoms with E-state index < -0.39 is 0 Å². The minimum absolute atomic E-state index is 0.308. The SMILES string of the molecule is C=C(N)OCCN(CC)CCC. The lowest BCUT2D eigenvalue weighted by molar-refractivity contribution is 0.160. The summed E-state index contributed by atoms with van der Waals surface area (Å²) in [5.74, 6) is 0.308. The van der Waals surface area contributed by atoms with Crippen LogP contribution in [0.4, 0.5) is 0 Å². The zero-order valence-electron chi connectivity index (χ0n) is 8.18. The Morgan fingerprint density at radius 2 is 2.08 bits per heavy atom. The summed E-state index contributed by atoms with van der Waals surface area (Å²) in [6.45, 7) is 11.5. The molecule has 0 saturated carbocycles. The molecule has 0 aliphatic carbocycles. The Morgan fingerprint density at radius 3 is 2.50 bits per heavy atom. The summed E-state index contributed by atoms with van der Waals surface area (Å²) in [5, 5.41) is 0. The fraction of sp³-hybridized carbons (Fsp3) is 0.778. The number of ether oxygens (including phenoxy) is 1. The van der Waals surface area contributed by atoms with Gasteiger partial charge in [-0.15, -0.1) is 0 Å². The van der Waals surface area contributed by atoms with Crippen LogP contribution in [-0.2, 0) is 4.74 Å². The van der Waals surface area contributed by atoms with Crippen LogP contribution in [0.1, 0.15) is 20.3 Å². The summed E-state index contributed by atoms with van der Waals surface area (Å²) in [4.78, 5) is 2.32. The first-order chi connectivity index (χ1) is 5.70. The van der Waals surface area contributed by atoms with Gasteiger partial charge in [0.05, 0.1) is 0 Å². The Balaban J connectivity index is 3.37. The Morgan fingerprint density at radius 1 is 1.42 bits per heavy atom. The summed E-state index contributed by atoms with van der Waals surface area (Å²) < 4.78 is 5.06. The molecule has 0 amide bonds. The van der Waals surface area contributed by atoms with Crippen LogP contribution >= 0.6 is 0 Å². The Kier molecular flexibility index (Phi) is 6.57. The second-order valence-corrected chi connectivity index (χ2v) is 2.75. The van der Waals surface area contributed by atoms with Gasteiger partial charge in [-0.25, -0.2) is 0 Å². The van der Waals surface area contributed by atoms with Gasteiger partial charge in [0, 0.05) is 6.54 Å². The van der Waals surface area contributed by atoms with Crippen LogP contribution in [0.5, 0.6) is 0 Å². The van der Waals surface area contributed by atoms with Gasteiger partial charge in [-0.2, -0.15) is 0 Å². The third-order valence-electron chi connectivity index (χ3n) is 1.68. The van der Waals surface area contributed by atoms with Crippen molar-refractivity contribution in [3.8, 4) is 0 Å². The van der Waals surface area contributed by atoms with Gasteiger partial charge in [0.1, 0.15) is 6.61 Å². The van der Waals surface area contributed by atoms with Crippen LogP contribution in [0.25, 0.3) is 0 Å². The number of nitrogens with two attached hydrogens (primary N) is 1. The number of hydrogen-bond donors (Lipinski definition) is 1. The zero-order valence-corrected chi connectivity index (χ0v) is 8.18. The molecule has 0 unspecified atom stereocenters. The Bertz CT molecular complexity index is 126. The molecule has 3 heteroatoms. The molecule has 0 rings (SSSR count). The van der Waals surface area contributed by atoms with Gasteiger partial charge in [-0.05, 0) is 26.1 Å². The highest BCUT2D eigenvalue weighted by Gasteiger charge is 1.99. The highest BCUT2D eigenvalue weighted by molar-refractivity contribution is 4.71. The maximum absolute atomic E-state index is 5.26. The molecule has 0 aromatic heterocycles. The van der Waals surface area contributed by atoms with Gasteiger partial charge in [0.25, 0.3) is 0 Å². The largest absolute Gasteiger partial charge is 0.479 e. The van der Waals surface area contributed by atoms with E-state index in [2.05, 4.69) is 25.3 Å². The highest BCUT2D eigenvalue weighted by atomic mass is 16.5. The molecule has 0 radical (unpaired) electrons. The molecule has 72 valence electrons. The van der Waals surface area contributed by atoms with Crippen LogP contribution in [0.15, 0.2) is 12.5 Å². The fourth-order valence-corrected chi connectivity index (χ4v) is 1.05. The van der Waals surface area contributed by atoms with E-state index >= 15 is 0 Å². The van der Waals surface area contributed by atoms with E-state index in [9.17, 15) is 0 Å². The lowest BCUT2D eigenvalue weighted by Crippen LogP contribution is -2.28. The molecule has 0 aromatic carbocycles. The van der Waals surface area contributed by atoms with Crippen molar-refractivity contribution in [2.45, 2.75) is 20.3 Å². The van der Waals surface area contributed by atoms with E-state index in [1.165, 1.54) is 6.42 Å². The highest BCUT2D eigenvalue weighted by Crippen LogP contribution is 1.91. The van der Waals surface area contributed by atoms with Gasteiger partial charge in [-0.3, -0.25) is 0 Å². The quantitative estimate of drug-likeness (QED) is 0.586. The molecular formula is C9H20N2O. The predicted molar refractivity (Wildman–Crippen MR) is 51.7 cm³/mol. The molecule has 2 N–H and O–H groups in total. The third-order valence-corrected chi connectivity index (χ3v) is 1.68. The summed E-state index contributed by atoms with van der Waals surface area (Å²) in [5.41, 5.74) is 5.26. The van der Waals surface area contributed by atoms with E-state index in [0.717, 1.165) is 19.6 Å². The number of likely N-dealkylation sites (N-methyl/N-ethyl adjacent to an activating group) is 1. The topological polar surface area (TPSA) is 38.5 Å². The smallest absolute Gasteiger partial charge is 0.176 e. The van der Waals surface area contributed by atoms with Crippen molar-refractivity contribution in [3.63, 3.8) is 0 Å². The maximum Gasteiger partial charge on any atom is 0.176 e. The summed E-state index contributed by atoms with van der Waals surface area (Å²) in [6.07, 6.45) is 1.18. The van der Waals surface area contributed by atoms with Crippen molar-refractivity contribution in [2.24, 2.45) is 5.73 Å². The van der Waals surface area contributed by atoms with Gasteiger partial charge in [0.2, 0.25) is 0 Å². The van der Waals surface area contributed by atoms with Crippen LogP contribution < -0.4 is 5.73 Å². The first-order valence-electron chi connectivity index (χ1n) is 4.50. The molecular weight excluding hydrogens is 152 g/mol. The molecule has 0 saturated heterocycles. The second kappa shape index (κ2) is 6.98. The van der Waals surface area contributed by atoms with Gasteiger partial charge >= 0.3 is 0 Å². The molecule has 0 bridgehead atoms. The minimum atomic E-state index is 0.308. The monoisotopic (exact) mass is 172 g/mol. The zero-order chi connectivity index (χ0) is 9.40. The molecule has 12 heavy (non-hydrogen) atoms. The number of rotatable bonds is 7. The van der Waals surface area contributed by atoms with Crippen LogP contribution in [-0.4, -0.2) is 31.1 Å². The Labute approximate surface area is 75.2 Å². The summed E-state index contributed by atoms with van der Waals surface area (Å²) >= 11 is 0. The average Bonchev–Trinajstić information content (AvgIpc) is 2.02. The third kappa shape index (κ3) is 6.04. The van der Waals surface area contributed by atoms with Crippen molar-refractivity contribution in [1.82, 2.24) is 4.90 Å². The molecule has 0 spiro atoms. The summed E-state index contributed by atoms with van der Waals surface area (Å²) in [7, 11) is 0. The minimum Gasteiger partial charge on any atom is -0.479 e. The van der Waals surface area contributed by atoms with Crippen molar-refractivity contribution >= 4 is 0 Å². The number of nitrogens with zero attached hydrogens (tertiary/aromatic N) is 1. The molecule has 3 nitrogen and oxygen atoms in total. The van der Waals surface area contributed by atoms with Crippen LogP contribution in [0, 0.1) is 0 Å². The molecule has 0 aliphatic rings.